The highest BCUT2D eigenvalue weighted by molar-refractivity contribution is 5.26. The normalized spacial score (nSPS) is 12.4. The predicted octanol–water partition coefficient (Wildman–Crippen LogP) is 2.24. The number of hydrogen-bond donors (Lipinski definition) is 1. The second kappa shape index (κ2) is 3.91. The summed E-state index contributed by atoms with van der Waals surface area (Å²) >= 11 is 0. The summed E-state index contributed by atoms with van der Waals surface area (Å²) in [6, 6.07) is 5.63. The molecule has 72 valence electrons. The van der Waals surface area contributed by atoms with Gasteiger partial charge in [0, 0.05) is 12.4 Å². The third-order valence-electron chi connectivity index (χ3n) is 1.88. The standard InChI is InChI=1S/C10H11N3O/c1-8(9-4-2-7-14-9)13-10-11-5-3-6-12-10/h2-8H,1H3,(H,11,12,13). The molecule has 0 saturated carbocycles. The molecule has 1 N–H and O–H groups in total. The Hall–Kier alpha value is -1.84. The highest BCUT2D eigenvalue weighted by Gasteiger charge is 2.08. The average molecular weight is 189 g/mol. The van der Waals surface area contributed by atoms with Gasteiger partial charge in [-0.25, -0.2) is 9.97 Å². The van der Waals surface area contributed by atoms with Gasteiger partial charge in [0.1, 0.15) is 5.76 Å². The zero-order valence-corrected chi connectivity index (χ0v) is 7.84. The molecule has 4 heteroatoms. The Labute approximate surface area is 82.0 Å². The van der Waals surface area contributed by atoms with Gasteiger partial charge in [-0.15, -0.1) is 0 Å². The molecule has 1 atom stereocenters. The van der Waals surface area contributed by atoms with Crippen LogP contribution in [0.2, 0.25) is 0 Å². The van der Waals surface area contributed by atoms with Crippen LogP contribution in [0.3, 0.4) is 0 Å². The van der Waals surface area contributed by atoms with Gasteiger partial charge in [0.05, 0.1) is 12.3 Å². The van der Waals surface area contributed by atoms with Crippen molar-refractivity contribution < 1.29 is 4.42 Å². The molecule has 14 heavy (non-hydrogen) atoms. The molecular formula is C10H11N3O. The smallest absolute Gasteiger partial charge is 0.223 e. The van der Waals surface area contributed by atoms with Crippen molar-refractivity contribution in [3.8, 4) is 0 Å². The molecule has 0 aliphatic carbocycles. The van der Waals surface area contributed by atoms with Crippen molar-refractivity contribution in [1.29, 1.82) is 0 Å². The Kier molecular flexibility index (Phi) is 2.44. The van der Waals surface area contributed by atoms with Crippen molar-refractivity contribution in [3.05, 3.63) is 42.6 Å². The zero-order valence-electron chi connectivity index (χ0n) is 7.84. The quantitative estimate of drug-likeness (QED) is 0.804. The fourth-order valence-corrected chi connectivity index (χ4v) is 1.18. The van der Waals surface area contributed by atoms with Crippen molar-refractivity contribution in [1.82, 2.24) is 9.97 Å². The molecule has 0 amide bonds. The van der Waals surface area contributed by atoms with Crippen LogP contribution in [-0.4, -0.2) is 9.97 Å². The number of anilines is 1. The van der Waals surface area contributed by atoms with Crippen LogP contribution in [0.5, 0.6) is 0 Å². The summed E-state index contributed by atoms with van der Waals surface area (Å²) < 4.78 is 5.25. The maximum Gasteiger partial charge on any atom is 0.223 e. The Morgan fingerprint density at radius 2 is 2.07 bits per heavy atom. The molecule has 0 aliphatic rings. The van der Waals surface area contributed by atoms with E-state index < -0.39 is 0 Å². The van der Waals surface area contributed by atoms with Crippen LogP contribution in [0, 0.1) is 0 Å². The van der Waals surface area contributed by atoms with E-state index in [4.69, 9.17) is 4.42 Å². The van der Waals surface area contributed by atoms with E-state index in [0.29, 0.717) is 5.95 Å². The van der Waals surface area contributed by atoms with E-state index in [2.05, 4.69) is 15.3 Å². The first-order chi connectivity index (χ1) is 6.86. The number of hydrogen-bond acceptors (Lipinski definition) is 4. The molecule has 4 nitrogen and oxygen atoms in total. The van der Waals surface area contributed by atoms with E-state index in [-0.39, 0.29) is 6.04 Å². The lowest BCUT2D eigenvalue weighted by molar-refractivity contribution is 0.489. The van der Waals surface area contributed by atoms with E-state index >= 15 is 0 Å². The largest absolute Gasteiger partial charge is 0.467 e. The Morgan fingerprint density at radius 1 is 1.29 bits per heavy atom. The van der Waals surface area contributed by atoms with Crippen molar-refractivity contribution in [2.24, 2.45) is 0 Å². The van der Waals surface area contributed by atoms with E-state index in [9.17, 15) is 0 Å². The van der Waals surface area contributed by atoms with E-state index in [1.807, 2.05) is 19.1 Å². The lowest BCUT2D eigenvalue weighted by Crippen LogP contribution is -2.07. The molecule has 0 radical (unpaired) electrons. The minimum absolute atomic E-state index is 0.0763. The van der Waals surface area contributed by atoms with Gasteiger partial charge in [0.2, 0.25) is 5.95 Å². The SMILES string of the molecule is CC(Nc1ncccn1)c1ccco1. The lowest BCUT2D eigenvalue weighted by atomic mass is 10.2. The Morgan fingerprint density at radius 3 is 2.71 bits per heavy atom. The van der Waals surface area contributed by atoms with Crippen molar-refractivity contribution in [3.63, 3.8) is 0 Å². The molecule has 2 rings (SSSR count). The zero-order chi connectivity index (χ0) is 9.80. The highest BCUT2D eigenvalue weighted by Crippen LogP contribution is 2.15. The minimum atomic E-state index is 0.0763. The minimum Gasteiger partial charge on any atom is -0.467 e. The summed E-state index contributed by atoms with van der Waals surface area (Å²) in [5.41, 5.74) is 0. The molecule has 1 unspecified atom stereocenters. The molecule has 0 aromatic carbocycles. The highest BCUT2D eigenvalue weighted by atomic mass is 16.3. The summed E-state index contributed by atoms with van der Waals surface area (Å²) in [5.74, 6) is 1.48. The summed E-state index contributed by atoms with van der Waals surface area (Å²) in [7, 11) is 0. The van der Waals surface area contributed by atoms with Crippen molar-refractivity contribution >= 4 is 5.95 Å². The van der Waals surface area contributed by atoms with Gasteiger partial charge in [-0.05, 0) is 25.1 Å². The van der Waals surface area contributed by atoms with Gasteiger partial charge >= 0.3 is 0 Å². The van der Waals surface area contributed by atoms with Crippen LogP contribution >= 0.6 is 0 Å². The number of rotatable bonds is 3. The predicted molar refractivity (Wildman–Crippen MR) is 52.8 cm³/mol. The van der Waals surface area contributed by atoms with Gasteiger partial charge in [0.25, 0.3) is 0 Å². The second-order valence-electron chi connectivity index (χ2n) is 2.95. The van der Waals surface area contributed by atoms with Crippen LogP contribution < -0.4 is 5.32 Å². The Balaban J connectivity index is 2.06. The molecule has 0 fully saturated rings. The third-order valence-corrected chi connectivity index (χ3v) is 1.88. The third kappa shape index (κ3) is 1.90. The van der Waals surface area contributed by atoms with Gasteiger partial charge in [-0.2, -0.15) is 0 Å². The maximum absolute atomic E-state index is 5.25. The topological polar surface area (TPSA) is 51.0 Å². The first kappa shape index (κ1) is 8.74. The molecule has 0 spiro atoms. The van der Waals surface area contributed by atoms with Gasteiger partial charge in [0.15, 0.2) is 0 Å². The van der Waals surface area contributed by atoms with Crippen molar-refractivity contribution in [2.45, 2.75) is 13.0 Å². The van der Waals surface area contributed by atoms with E-state index in [1.165, 1.54) is 0 Å². The van der Waals surface area contributed by atoms with E-state index in [0.717, 1.165) is 5.76 Å². The van der Waals surface area contributed by atoms with Gasteiger partial charge < -0.3 is 9.73 Å². The summed E-state index contributed by atoms with van der Waals surface area (Å²) in [6.07, 6.45) is 5.05. The number of nitrogens with zero attached hydrogens (tertiary/aromatic N) is 2. The first-order valence-electron chi connectivity index (χ1n) is 4.43. The number of furan rings is 1. The molecule has 2 heterocycles. The molecule has 2 aromatic rings. The summed E-state index contributed by atoms with van der Waals surface area (Å²) in [4.78, 5) is 8.13. The molecule has 0 aliphatic heterocycles. The molecular weight excluding hydrogens is 178 g/mol. The summed E-state index contributed by atoms with van der Waals surface area (Å²) in [5, 5.41) is 3.13. The van der Waals surface area contributed by atoms with Crippen LogP contribution in [0.4, 0.5) is 5.95 Å². The molecule has 0 saturated heterocycles. The van der Waals surface area contributed by atoms with Crippen LogP contribution in [0.15, 0.2) is 41.3 Å². The molecule has 2 aromatic heterocycles. The monoisotopic (exact) mass is 189 g/mol. The fraction of sp³-hybridized carbons (Fsp3) is 0.200. The van der Waals surface area contributed by atoms with Crippen LogP contribution in [0.25, 0.3) is 0 Å². The fourth-order valence-electron chi connectivity index (χ4n) is 1.18. The van der Waals surface area contributed by atoms with Crippen LogP contribution in [-0.2, 0) is 0 Å². The molecule has 0 bridgehead atoms. The lowest BCUT2D eigenvalue weighted by Gasteiger charge is -2.09. The first-order valence-corrected chi connectivity index (χ1v) is 4.43. The number of nitrogens with one attached hydrogen (secondary N) is 1. The van der Waals surface area contributed by atoms with E-state index in [1.54, 1.807) is 24.7 Å². The number of aromatic nitrogens is 2. The van der Waals surface area contributed by atoms with Gasteiger partial charge in [-0.1, -0.05) is 0 Å². The maximum atomic E-state index is 5.25. The second-order valence-corrected chi connectivity index (χ2v) is 2.95. The Bertz CT molecular complexity index is 372. The average Bonchev–Trinajstić information content (AvgIpc) is 2.72. The summed E-state index contributed by atoms with van der Waals surface area (Å²) in [6.45, 7) is 2.00. The van der Waals surface area contributed by atoms with Crippen molar-refractivity contribution in [2.75, 3.05) is 5.32 Å². The van der Waals surface area contributed by atoms with Crippen LogP contribution in [0.1, 0.15) is 18.7 Å². The van der Waals surface area contributed by atoms with Gasteiger partial charge in [-0.3, -0.25) is 0 Å².